The molecule has 0 bridgehead atoms. The number of sulfonamides is 1. The fraction of sp³-hybridized carbons (Fsp3) is 0.316. The van der Waals surface area contributed by atoms with E-state index in [4.69, 9.17) is 16.3 Å². The van der Waals surface area contributed by atoms with Gasteiger partial charge in [-0.3, -0.25) is 14.3 Å². The van der Waals surface area contributed by atoms with E-state index in [0.29, 0.717) is 11.3 Å². The topological polar surface area (TPSA) is 182 Å². The third-order valence-electron chi connectivity index (χ3n) is 4.16. The van der Waals surface area contributed by atoms with Crippen LogP contribution in [0.4, 0.5) is 5.69 Å². The van der Waals surface area contributed by atoms with E-state index in [9.17, 15) is 18.0 Å². The summed E-state index contributed by atoms with van der Waals surface area (Å²) in [6, 6.07) is 6.53. The molecule has 0 saturated carbocycles. The van der Waals surface area contributed by atoms with Crippen LogP contribution in [-0.4, -0.2) is 38.4 Å². The SMILES string of the molecule is Cc1ccc(C)c(S(=O)(=O)Nc2c(CC(=O)NCCON=C(N)N)cc(C)[nH]c2=O)c1. The van der Waals surface area contributed by atoms with Gasteiger partial charge in [-0.25, -0.2) is 8.42 Å². The number of rotatable bonds is 9. The van der Waals surface area contributed by atoms with Crippen molar-refractivity contribution in [2.24, 2.45) is 16.6 Å². The number of aromatic amines is 1. The Labute approximate surface area is 179 Å². The number of hydrogen-bond acceptors (Lipinski definition) is 6. The molecule has 11 nitrogen and oxygen atoms in total. The number of H-pyrrole nitrogens is 1. The first-order valence-electron chi connectivity index (χ1n) is 9.30. The van der Waals surface area contributed by atoms with Crippen LogP contribution in [0.3, 0.4) is 0 Å². The smallest absolute Gasteiger partial charge is 0.272 e. The Morgan fingerprint density at radius 1 is 1.19 bits per heavy atom. The van der Waals surface area contributed by atoms with Crippen molar-refractivity contribution in [2.75, 3.05) is 17.9 Å². The lowest BCUT2D eigenvalue weighted by molar-refractivity contribution is -0.120. The lowest BCUT2D eigenvalue weighted by Crippen LogP contribution is -2.30. The van der Waals surface area contributed by atoms with Gasteiger partial charge in [0.25, 0.3) is 15.6 Å². The number of nitrogens with zero attached hydrogens (tertiary/aromatic N) is 1. The molecule has 1 aromatic carbocycles. The van der Waals surface area contributed by atoms with Crippen molar-refractivity contribution in [3.8, 4) is 0 Å². The van der Waals surface area contributed by atoms with Crippen LogP contribution in [-0.2, 0) is 26.1 Å². The first-order valence-corrected chi connectivity index (χ1v) is 10.8. The lowest BCUT2D eigenvalue weighted by atomic mass is 10.1. The number of hydrogen-bond donors (Lipinski definition) is 5. The monoisotopic (exact) mass is 450 g/mol. The van der Waals surface area contributed by atoms with Crippen LogP contribution in [0.5, 0.6) is 0 Å². The molecule has 0 atom stereocenters. The van der Waals surface area contributed by atoms with E-state index in [2.05, 4.69) is 20.2 Å². The highest BCUT2D eigenvalue weighted by atomic mass is 32.2. The van der Waals surface area contributed by atoms with Crippen LogP contribution in [0.1, 0.15) is 22.4 Å². The molecule has 0 fully saturated rings. The molecule has 0 saturated heterocycles. The highest BCUT2D eigenvalue weighted by Gasteiger charge is 2.22. The van der Waals surface area contributed by atoms with E-state index in [1.54, 1.807) is 32.9 Å². The number of nitrogens with two attached hydrogens (primary N) is 2. The highest BCUT2D eigenvalue weighted by Crippen LogP contribution is 2.21. The lowest BCUT2D eigenvalue weighted by Gasteiger charge is -2.14. The largest absolute Gasteiger partial charge is 0.391 e. The second-order valence-electron chi connectivity index (χ2n) is 6.93. The molecule has 2 aromatic rings. The molecule has 1 heterocycles. The second-order valence-corrected chi connectivity index (χ2v) is 8.58. The van der Waals surface area contributed by atoms with Crippen LogP contribution in [0, 0.1) is 20.8 Å². The average Bonchev–Trinajstić information content (AvgIpc) is 2.66. The van der Waals surface area contributed by atoms with Gasteiger partial charge in [-0.1, -0.05) is 12.1 Å². The van der Waals surface area contributed by atoms with E-state index >= 15 is 0 Å². The number of aromatic nitrogens is 1. The minimum Gasteiger partial charge on any atom is -0.391 e. The van der Waals surface area contributed by atoms with E-state index in [1.807, 2.05) is 0 Å². The Kier molecular flexibility index (Phi) is 7.64. The Hall–Kier alpha value is -3.54. The average molecular weight is 451 g/mol. The first kappa shape index (κ1) is 23.7. The van der Waals surface area contributed by atoms with Crippen LogP contribution in [0.15, 0.2) is 39.1 Å². The standard InChI is InChI=1S/C19H26N6O5S/c1-11-4-5-12(2)15(8-11)31(28,29)25-17-14(9-13(3)23-18(17)27)10-16(26)22-6-7-30-24-19(20)21/h4-5,8-9,25H,6-7,10H2,1-3H3,(H,22,26)(H,23,27)(H4,20,21,24). The summed E-state index contributed by atoms with van der Waals surface area (Å²) < 4.78 is 28.2. The molecular weight excluding hydrogens is 424 g/mol. The van der Waals surface area contributed by atoms with Gasteiger partial charge in [-0.05, 0) is 54.8 Å². The van der Waals surface area contributed by atoms with Crippen LogP contribution in [0.2, 0.25) is 0 Å². The van der Waals surface area contributed by atoms with Crippen molar-refractivity contribution in [2.45, 2.75) is 32.1 Å². The summed E-state index contributed by atoms with van der Waals surface area (Å²) in [6.07, 6.45) is -0.224. The molecule has 168 valence electrons. The number of anilines is 1. The molecule has 0 aliphatic heterocycles. The van der Waals surface area contributed by atoms with Crippen LogP contribution >= 0.6 is 0 Å². The molecule has 12 heteroatoms. The second kappa shape index (κ2) is 9.98. The Morgan fingerprint density at radius 3 is 2.58 bits per heavy atom. The maximum absolute atomic E-state index is 12.9. The minimum atomic E-state index is -4.05. The van der Waals surface area contributed by atoms with Crippen molar-refractivity contribution in [1.29, 1.82) is 0 Å². The summed E-state index contributed by atoms with van der Waals surface area (Å²) in [6.45, 7) is 5.20. The molecule has 0 aliphatic carbocycles. The van der Waals surface area contributed by atoms with Crippen molar-refractivity contribution >= 4 is 27.6 Å². The predicted molar refractivity (Wildman–Crippen MR) is 117 cm³/mol. The Morgan fingerprint density at radius 2 is 1.90 bits per heavy atom. The maximum Gasteiger partial charge on any atom is 0.272 e. The van der Waals surface area contributed by atoms with Gasteiger partial charge in [0.1, 0.15) is 12.3 Å². The zero-order valence-electron chi connectivity index (χ0n) is 17.5. The molecule has 31 heavy (non-hydrogen) atoms. The van der Waals surface area contributed by atoms with Crippen molar-refractivity contribution < 1.29 is 18.0 Å². The zero-order chi connectivity index (χ0) is 23.2. The summed E-state index contributed by atoms with van der Waals surface area (Å²) in [5.74, 6) is -0.684. The Balaban J connectivity index is 2.23. The van der Waals surface area contributed by atoms with E-state index in [-0.39, 0.29) is 41.7 Å². The third-order valence-corrected chi connectivity index (χ3v) is 5.65. The number of aryl methyl sites for hydroxylation is 3. The number of pyridine rings is 1. The molecule has 1 amide bonds. The summed E-state index contributed by atoms with van der Waals surface area (Å²) in [5.41, 5.74) is 11.4. The van der Waals surface area contributed by atoms with E-state index in [1.165, 1.54) is 12.1 Å². The first-order chi connectivity index (χ1) is 14.5. The maximum atomic E-state index is 12.9. The van der Waals surface area contributed by atoms with Crippen LogP contribution in [0.25, 0.3) is 0 Å². The molecule has 0 radical (unpaired) electrons. The van der Waals surface area contributed by atoms with Gasteiger partial charge in [0.05, 0.1) is 17.9 Å². The number of carbonyl (C=O) groups excluding carboxylic acids is 1. The quantitative estimate of drug-likeness (QED) is 0.154. The fourth-order valence-electron chi connectivity index (χ4n) is 2.79. The summed E-state index contributed by atoms with van der Waals surface area (Å²) >= 11 is 0. The molecule has 2 rings (SSSR count). The number of guanidine groups is 1. The van der Waals surface area contributed by atoms with Gasteiger partial charge >= 0.3 is 0 Å². The number of carbonyl (C=O) groups is 1. The summed E-state index contributed by atoms with van der Waals surface area (Å²) in [4.78, 5) is 32.1. The summed E-state index contributed by atoms with van der Waals surface area (Å²) in [5, 5.41) is 5.90. The number of benzene rings is 1. The van der Waals surface area contributed by atoms with Gasteiger partial charge in [0.2, 0.25) is 11.9 Å². The molecule has 0 spiro atoms. The molecule has 0 aliphatic rings. The van der Waals surface area contributed by atoms with Crippen molar-refractivity contribution in [3.05, 3.63) is 57.0 Å². The number of amides is 1. The van der Waals surface area contributed by atoms with E-state index in [0.717, 1.165) is 5.56 Å². The zero-order valence-corrected chi connectivity index (χ0v) is 18.3. The van der Waals surface area contributed by atoms with Gasteiger partial charge in [-0.2, -0.15) is 0 Å². The van der Waals surface area contributed by atoms with Gasteiger partial charge in [-0.15, -0.1) is 0 Å². The highest BCUT2D eigenvalue weighted by molar-refractivity contribution is 7.92. The molecular formula is C19H26N6O5S. The summed E-state index contributed by atoms with van der Waals surface area (Å²) in [7, 11) is -4.05. The minimum absolute atomic E-state index is 0.0319. The van der Waals surface area contributed by atoms with Gasteiger partial charge in [0.15, 0.2) is 0 Å². The Bertz CT molecular complexity index is 1150. The predicted octanol–water partition coefficient (Wildman–Crippen LogP) is -0.0353. The molecule has 1 aromatic heterocycles. The van der Waals surface area contributed by atoms with Gasteiger partial charge in [0, 0.05) is 5.69 Å². The van der Waals surface area contributed by atoms with E-state index < -0.39 is 21.5 Å². The number of oxime groups is 1. The van der Waals surface area contributed by atoms with Crippen LogP contribution < -0.4 is 27.1 Å². The number of nitrogens with one attached hydrogen (secondary N) is 3. The molecule has 0 unspecified atom stereocenters. The third kappa shape index (κ3) is 6.74. The fourth-order valence-corrected chi connectivity index (χ4v) is 4.22. The van der Waals surface area contributed by atoms with Crippen molar-refractivity contribution in [1.82, 2.24) is 10.3 Å². The normalized spacial score (nSPS) is 10.9. The van der Waals surface area contributed by atoms with Gasteiger partial charge < -0.3 is 26.6 Å². The van der Waals surface area contributed by atoms with Crippen molar-refractivity contribution in [3.63, 3.8) is 0 Å². The molecule has 7 N–H and O–H groups in total.